The lowest BCUT2D eigenvalue weighted by Crippen LogP contribution is -2.36. The van der Waals surface area contributed by atoms with E-state index in [1.54, 1.807) is 0 Å². The van der Waals surface area contributed by atoms with Gasteiger partial charge in [-0.2, -0.15) is 0 Å². The number of aromatic nitrogens is 1. The Labute approximate surface area is 136 Å². The fraction of sp³-hybridized carbons (Fsp3) is 0.526. The number of hydrogen-bond acceptors (Lipinski definition) is 2. The van der Waals surface area contributed by atoms with Gasteiger partial charge in [-0.3, -0.25) is 4.79 Å². The first-order valence-corrected chi connectivity index (χ1v) is 8.69. The van der Waals surface area contributed by atoms with Crippen LogP contribution in [0.15, 0.2) is 30.5 Å². The number of H-pyrrole nitrogens is 1. The molecule has 4 nitrogen and oxygen atoms in total. The Morgan fingerprint density at radius 2 is 2.17 bits per heavy atom. The lowest BCUT2D eigenvalue weighted by molar-refractivity contribution is -0.132. The molecule has 4 heteroatoms. The van der Waals surface area contributed by atoms with Gasteiger partial charge in [0.15, 0.2) is 0 Å². The normalized spacial score (nSPS) is 22.3. The Morgan fingerprint density at radius 3 is 3.04 bits per heavy atom. The van der Waals surface area contributed by atoms with Crippen LogP contribution in [0.5, 0.6) is 0 Å². The average molecular weight is 312 g/mol. The van der Waals surface area contributed by atoms with E-state index in [4.69, 9.17) is 4.74 Å². The Hall–Kier alpha value is -1.81. The number of amides is 1. The molecular formula is C19H24N2O2. The van der Waals surface area contributed by atoms with Gasteiger partial charge in [0.05, 0.1) is 13.2 Å². The van der Waals surface area contributed by atoms with Crippen LogP contribution in [0.4, 0.5) is 0 Å². The SMILES string of the molecule is O=C(CC1CC1)N1CCOC[C@@H](Cc2ccc3[nH]ccc3c2)C1. The van der Waals surface area contributed by atoms with E-state index in [-0.39, 0.29) is 0 Å². The van der Waals surface area contributed by atoms with Crippen LogP contribution in [-0.4, -0.2) is 42.1 Å². The molecule has 1 aromatic carbocycles. The number of fused-ring (bicyclic) bond motifs is 1. The summed E-state index contributed by atoms with van der Waals surface area (Å²) in [5.41, 5.74) is 2.49. The van der Waals surface area contributed by atoms with Crippen molar-refractivity contribution in [1.29, 1.82) is 0 Å². The van der Waals surface area contributed by atoms with Crippen LogP contribution in [0.2, 0.25) is 0 Å². The lowest BCUT2D eigenvalue weighted by Gasteiger charge is -2.24. The van der Waals surface area contributed by atoms with E-state index in [1.165, 1.54) is 29.3 Å². The van der Waals surface area contributed by atoms with Crippen LogP contribution in [0.25, 0.3) is 10.9 Å². The molecule has 1 amide bonds. The summed E-state index contributed by atoms with van der Waals surface area (Å²) < 4.78 is 5.75. The van der Waals surface area contributed by atoms with Gasteiger partial charge in [0.2, 0.25) is 5.91 Å². The highest BCUT2D eigenvalue weighted by atomic mass is 16.5. The number of ether oxygens (including phenoxy) is 1. The monoisotopic (exact) mass is 312 g/mol. The fourth-order valence-electron chi connectivity index (χ4n) is 3.49. The van der Waals surface area contributed by atoms with Gasteiger partial charge in [-0.1, -0.05) is 6.07 Å². The molecule has 0 spiro atoms. The number of rotatable bonds is 4. The van der Waals surface area contributed by atoms with E-state index < -0.39 is 0 Å². The van der Waals surface area contributed by atoms with Gasteiger partial charge >= 0.3 is 0 Å². The molecule has 2 aliphatic rings. The highest BCUT2D eigenvalue weighted by Gasteiger charge is 2.29. The number of nitrogens with zero attached hydrogens (tertiary/aromatic N) is 1. The highest BCUT2D eigenvalue weighted by molar-refractivity contribution is 5.80. The molecule has 2 aromatic rings. The lowest BCUT2D eigenvalue weighted by atomic mass is 9.98. The Morgan fingerprint density at radius 1 is 1.26 bits per heavy atom. The molecule has 0 radical (unpaired) electrons. The zero-order chi connectivity index (χ0) is 15.6. The van der Waals surface area contributed by atoms with E-state index in [1.807, 2.05) is 11.1 Å². The molecule has 1 atom stereocenters. The van der Waals surface area contributed by atoms with Gasteiger partial charge in [-0.25, -0.2) is 0 Å². The van der Waals surface area contributed by atoms with Gasteiger partial charge in [-0.05, 0) is 54.3 Å². The van der Waals surface area contributed by atoms with E-state index in [9.17, 15) is 4.79 Å². The molecule has 0 unspecified atom stereocenters. The number of benzene rings is 1. The third-order valence-electron chi connectivity index (χ3n) is 4.99. The van der Waals surface area contributed by atoms with Crippen LogP contribution >= 0.6 is 0 Å². The van der Waals surface area contributed by atoms with Gasteiger partial charge in [0.1, 0.15) is 0 Å². The van der Waals surface area contributed by atoms with E-state index in [0.29, 0.717) is 24.3 Å². The third-order valence-corrected chi connectivity index (χ3v) is 4.99. The smallest absolute Gasteiger partial charge is 0.222 e. The zero-order valence-electron chi connectivity index (χ0n) is 13.5. The number of hydrogen-bond donors (Lipinski definition) is 1. The first-order valence-electron chi connectivity index (χ1n) is 8.69. The van der Waals surface area contributed by atoms with Crippen molar-refractivity contribution in [2.45, 2.75) is 25.7 Å². The van der Waals surface area contributed by atoms with Crippen molar-refractivity contribution < 1.29 is 9.53 Å². The molecule has 1 N–H and O–H groups in total. The van der Waals surface area contributed by atoms with Crippen molar-refractivity contribution in [3.05, 3.63) is 36.0 Å². The van der Waals surface area contributed by atoms with Crippen molar-refractivity contribution in [2.75, 3.05) is 26.3 Å². The van der Waals surface area contributed by atoms with Crippen molar-refractivity contribution in [3.63, 3.8) is 0 Å². The molecule has 4 rings (SSSR count). The molecule has 1 aromatic heterocycles. The van der Waals surface area contributed by atoms with Gasteiger partial charge in [-0.15, -0.1) is 0 Å². The van der Waals surface area contributed by atoms with Gasteiger partial charge < -0.3 is 14.6 Å². The molecule has 2 heterocycles. The first-order chi connectivity index (χ1) is 11.3. The van der Waals surface area contributed by atoms with Crippen molar-refractivity contribution >= 4 is 16.8 Å². The van der Waals surface area contributed by atoms with E-state index in [2.05, 4.69) is 29.2 Å². The zero-order valence-corrected chi connectivity index (χ0v) is 13.5. The number of carbonyl (C=O) groups excluding carboxylic acids is 1. The summed E-state index contributed by atoms with van der Waals surface area (Å²) in [6, 6.07) is 8.67. The van der Waals surface area contributed by atoms with E-state index >= 15 is 0 Å². The Kier molecular flexibility index (Phi) is 4.08. The first kappa shape index (κ1) is 14.8. The van der Waals surface area contributed by atoms with Crippen LogP contribution in [0.1, 0.15) is 24.8 Å². The van der Waals surface area contributed by atoms with E-state index in [0.717, 1.165) is 32.5 Å². The van der Waals surface area contributed by atoms with Crippen LogP contribution in [-0.2, 0) is 16.0 Å². The number of aromatic amines is 1. The Bertz CT molecular complexity index is 689. The second-order valence-electron chi connectivity index (χ2n) is 7.03. The van der Waals surface area contributed by atoms with Crippen molar-refractivity contribution in [1.82, 2.24) is 9.88 Å². The van der Waals surface area contributed by atoms with Crippen LogP contribution in [0, 0.1) is 11.8 Å². The van der Waals surface area contributed by atoms with Crippen molar-refractivity contribution in [3.8, 4) is 0 Å². The summed E-state index contributed by atoms with van der Waals surface area (Å²) in [7, 11) is 0. The molecular weight excluding hydrogens is 288 g/mol. The molecule has 1 saturated heterocycles. The minimum absolute atomic E-state index is 0.323. The summed E-state index contributed by atoms with van der Waals surface area (Å²) in [5.74, 6) is 1.36. The molecule has 1 aliphatic carbocycles. The predicted molar refractivity (Wildman–Crippen MR) is 90.2 cm³/mol. The molecule has 1 aliphatic heterocycles. The third kappa shape index (κ3) is 3.58. The maximum Gasteiger partial charge on any atom is 0.222 e. The summed E-state index contributed by atoms with van der Waals surface area (Å²) in [6.07, 6.45) is 6.14. The number of nitrogens with one attached hydrogen (secondary N) is 1. The Balaban J connectivity index is 1.42. The predicted octanol–water partition coefficient (Wildman–Crippen LogP) is 2.99. The summed E-state index contributed by atoms with van der Waals surface area (Å²) in [4.78, 5) is 17.7. The highest BCUT2D eigenvalue weighted by Crippen LogP contribution is 2.33. The average Bonchev–Trinajstić information content (AvgIpc) is 3.28. The summed E-state index contributed by atoms with van der Waals surface area (Å²) in [5, 5.41) is 1.25. The maximum absolute atomic E-state index is 12.4. The molecule has 1 saturated carbocycles. The molecule has 2 fully saturated rings. The van der Waals surface area contributed by atoms with Gasteiger partial charge in [0.25, 0.3) is 0 Å². The maximum atomic E-state index is 12.4. The topological polar surface area (TPSA) is 45.3 Å². The largest absolute Gasteiger partial charge is 0.379 e. The van der Waals surface area contributed by atoms with Crippen LogP contribution < -0.4 is 0 Å². The van der Waals surface area contributed by atoms with Crippen LogP contribution in [0.3, 0.4) is 0 Å². The quantitative estimate of drug-likeness (QED) is 0.943. The summed E-state index contributed by atoms with van der Waals surface area (Å²) >= 11 is 0. The van der Waals surface area contributed by atoms with Gasteiger partial charge in [0, 0.05) is 37.1 Å². The minimum Gasteiger partial charge on any atom is -0.379 e. The van der Waals surface area contributed by atoms with Crippen molar-refractivity contribution in [2.24, 2.45) is 11.8 Å². The minimum atomic E-state index is 0.323. The molecule has 0 bridgehead atoms. The second-order valence-corrected chi connectivity index (χ2v) is 7.03. The molecule has 23 heavy (non-hydrogen) atoms. The fourth-order valence-corrected chi connectivity index (χ4v) is 3.49. The number of carbonyl (C=O) groups is 1. The standard InChI is InChI=1S/C19H24N2O2/c22-19(11-14-1-2-14)21-7-8-23-13-16(12-21)9-15-3-4-18-17(10-15)5-6-20-18/h3-6,10,14,16,20H,1-2,7-9,11-13H2/t16-/m0/s1. The second kappa shape index (κ2) is 6.36. The molecule has 122 valence electrons. The summed E-state index contributed by atoms with van der Waals surface area (Å²) in [6.45, 7) is 3.00.